The lowest BCUT2D eigenvalue weighted by atomic mass is 10.2. The average molecular weight is 341 g/mol. The molecule has 0 spiro atoms. The fraction of sp³-hybridized carbons (Fsp3) is 0.429. The van der Waals surface area contributed by atoms with Crippen LogP contribution in [-0.2, 0) is 9.16 Å². The van der Waals surface area contributed by atoms with Crippen LogP contribution in [0.2, 0.25) is 5.04 Å². The van der Waals surface area contributed by atoms with Gasteiger partial charge in [-0.25, -0.2) is 0 Å². The van der Waals surface area contributed by atoms with Gasteiger partial charge in [-0.2, -0.15) is 0 Å². The summed E-state index contributed by atoms with van der Waals surface area (Å²) in [6, 6.07) is 21.6. The summed E-state index contributed by atoms with van der Waals surface area (Å²) in [5.41, 5.74) is 0. The molecular formula is C21H28O2Si. The number of hydrogen-bond donors (Lipinski definition) is 0. The van der Waals surface area contributed by atoms with Crippen LogP contribution in [0.5, 0.6) is 0 Å². The normalized spacial score (nSPS) is 18.7. The molecule has 1 aliphatic rings. The maximum absolute atomic E-state index is 6.86. The number of rotatable bonds is 5. The summed E-state index contributed by atoms with van der Waals surface area (Å²) >= 11 is 0. The van der Waals surface area contributed by atoms with Crippen LogP contribution in [0, 0.1) is 0 Å². The second-order valence-corrected chi connectivity index (χ2v) is 11.9. The van der Waals surface area contributed by atoms with Crippen LogP contribution < -0.4 is 10.4 Å². The van der Waals surface area contributed by atoms with E-state index in [4.69, 9.17) is 9.16 Å². The summed E-state index contributed by atoms with van der Waals surface area (Å²) in [6.45, 7) is 8.50. The molecule has 0 saturated carbocycles. The molecule has 3 heteroatoms. The largest absolute Gasteiger partial charge is 0.405 e. The lowest BCUT2D eigenvalue weighted by Gasteiger charge is -2.43. The van der Waals surface area contributed by atoms with Gasteiger partial charge in [0.25, 0.3) is 8.32 Å². The average Bonchev–Trinajstić information content (AvgIpc) is 3.10. The van der Waals surface area contributed by atoms with E-state index in [1.807, 2.05) is 0 Å². The molecule has 0 N–H and O–H groups in total. The van der Waals surface area contributed by atoms with Crippen LogP contribution in [0.25, 0.3) is 0 Å². The maximum Gasteiger partial charge on any atom is 0.261 e. The van der Waals surface area contributed by atoms with E-state index >= 15 is 0 Å². The first-order valence-electron chi connectivity index (χ1n) is 8.91. The molecule has 1 atom stereocenters. The third kappa shape index (κ3) is 3.34. The van der Waals surface area contributed by atoms with Gasteiger partial charge in [-0.1, -0.05) is 81.4 Å². The van der Waals surface area contributed by atoms with Gasteiger partial charge < -0.3 is 9.16 Å². The van der Waals surface area contributed by atoms with E-state index in [9.17, 15) is 0 Å². The number of hydrogen-bond acceptors (Lipinski definition) is 2. The van der Waals surface area contributed by atoms with Gasteiger partial charge in [0.05, 0.1) is 12.7 Å². The highest BCUT2D eigenvalue weighted by Gasteiger charge is 2.50. The fourth-order valence-electron chi connectivity index (χ4n) is 3.76. The van der Waals surface area contributed by atoms with Crippen molar-refractivity contribution in [2.24, 2.45) is 0 Å². The lowest BCUT2D eigenvalue weighted by molar-refractivity contribution is 0.0645. The Morgan fingerprint density at radius 3 is 1.92 bits per heavy atom. The molecular weight excluding hydrogens is 312 g/mol. The minimum Gasteiger partial charge on any atom is -0.405 e. The standard InChI is InChI=1S/C21H28O2Si/c1-21(2,3)24(19-12-6-4-7-13-19,20-14-8-5-9-15-20)23-17-18-11-10-16-22-18/h4-9,12-15,18H,10-11,16-17H2,1-3H3. The Kier molecular flexibility index (Phi) is 5.23. The maximum atomic E-state index is 6.86. The van der Waals surface area contributed by atoms with Gasteiger partial charge in [-0.3, -0.25) is 0 Å². The van der Waals surface area contributed by atoms with E-state index in [1.54, 1.807) is 0 Å². The Balaban J connectivity index is 2.06. The third-order valence-electron chi connectivity index (χ3n) is 4.93. The molecule has 24 heavy (non-hydrogen) atoms. The summed E-state index contributed by atoms with van der Waals surface area (Å²) in [6.07, 6.45) is 2.50. The van der Waals surface area contributed by atoms with Crippen molar-refractivity contribution in [2.45, 2.75) is 44.8 Å². The minimum absolute atomic E-state index is 0.0360. The van der Waals surface area contributed by atoms with Crippen LogP contribution in [0.1, 0.15) is 33.6 Å². The number of benzene rings is 2. The van der Waals surface area contributed by atoms with Gasteiger partial charge in [0.1, 0.15) is 0 Å². The summed E-state index contributed by atoms with van der Waals surface area (Å²) in [7, 11) is -2.40. The fourth-order valence-corrected chi connectivity index (χ4v) is 8.35. The molecule has 1 saturated heterocycles. The molecule has 2 nitrogen and oxygen atoms in total. The zero-order valence-electron chi connectivity index (χ0n) is 15.0. The Morgan fingerprint density at radius 2 is 1.50 bits per heavy atom. The van der Waals surface area contributed by atoms with Gasteiger partial charge in [0.15, 0.2) is 0 Å². The molecule has 0 aliphatic carbocycles. The highest BCUT2D eigenvalue weighted by molar-refractivity contribution is 6.99. The van der Waals surface area contributed by atoms with E-state index < -0.39 is 8.32 Å². The molecule has 2 aromatic rings. The van der Waals surface area contributed by atoms with Crippen molar-refractivity contribution in [3.63, 3.8) is 0 Å². The Bertz CT molecular complexity index is 588. The molecule has 1 aliphatic heterocycles. The van der Waals surface area contributed by atoms with Crippen molar-refractivity contribution < 1.29 is 9.16 Å². The predicted octanol–water partition coefficient (Wildman–Crippen LogP) is 3.74. The van der Waals surface area contributed by atoms with Crippen molar-refractivity contribution in [3.05, 3.63) is 60.7 Å². The van der Waals surface area contributed by atoms with Crippen LogP contribution in [0.15, 0.2) is 60.7 Å². The van der Waals surface area contributed by atoms with Crippen molar-refractivity contribution in [2.75, 3.05) is 13.2 Å². The molecule has 1 fully saturated rings. The first-order valence-corrected chi connectivity index (χ1v) is 10.8. The number of ether oxygens (including phenoxy) is 1. The van der Waals surface area contributed by atoms with E-state index in [1.165, 1.54) is 10.4 Å². The predicted molar refractivity (Wildman–Crippen MR) is 103 cm³/mol. The van der Waals surface area contributed by atoms with Gasteiger partial charge in [-0.05, 0) is 28.3 Å². The molecule has 2 aromatic carbocycles. The molecule has 1 unspecified atom stereocenters. The molecule has 1 heterocycles. The summed E-state index contributed by atoms with van der Waals surface area (Å²) < 4.78 is 12.7. The van der Waals surface area contributed by atoms with Gasteiger partial charge in [0, 0.05) is 6.61 Å². The van der Waals surface area contributed by atoms with Crippen LogP contribution in [0.3, 0.4) is 0 Å². The van der Waals surface area contributed by atoms with Gasteiger partial charge in [-0.15, -0.1) is 0 Å². The Hall–Kier alpha value is -1.42. The zero-order chi connectivity index (χ0) is 17.0. The first kappa shape index (κ1) is 17.4. The second kappa shape index (κ2) is 7.22. The quantitative estimate of drug-likeness (QED) is 0.772. The monoisotopic (exact) mass is 340 g/mol. The van der Waals surface area contributed by atoms with E-state index in [0.717, 1.165) is 19.4 Å². The SMILES string of the molecule is CC(C)(C)[Si](OCC1CCCO1)(c1ccccc1)c1ccccc1. The molecule has 128 valence electrons. The van der Waals surface area contributed by atoms with Crippen LogP contribution in [-0.4, -0.2) is 27.6 Å². The summed E-state index contributed by atoms with van der Waals surface area (Å²) in [5, 5.41) is 2.71. The van der Waals surface area contributed by atoms with Gasteiger partial charge in [0.2, 0.25) is 0 Å². The first-order chi connectivity index (χ1) is 11.5. The highest BCUT2D eigenvalue weighted by Crippen LogP contribution is 2.37. The molecule has 0 radical (unpaired) electrons. The van der Waals surface area contributed by atoms with Crippen LogP contribution in [0.4, 0.5) is 0 Å². The topological polar surface area (TPSA) is 18.5 Å². The van der Waals surface area contributed by atoms with Crippen molar-refractivity contribution in [1.29, 1.82) is 0 Å². The Morgan fingerprint density at radius 1 is 0.958 bits per heavy atom. The Labute approximate surface area is 146 Å². The molecule has 3 rings (SSSR count). The molecule has 0 bridgehead atoms. The van der Waals surface area contributed by atoms with Crippen molar-refractivity contribution >= 4 is 18.7 Å². The zero-order valence-corrected chi connectivity index (χ0v) is 16.0. The molecule has 0 aromatic heterocycles. The third-order valence-corrected chi connectivity index (χ3v) is 9.93. The molecule has 0 amide bonds. The minimum atomic E-state index is -2.40. The van der Waals surface area contributed by atoms with Crippen LogP contribution >= 0.6 is 0 Å². The smallest absolute Gasteiger partial charge is 0.261 e. The summed E-state index contributed by atoms with van der Waals surface area (Å²) in [5.74, 6) is 0. The summed E-state index contributed by atoms with van der Waals surface area (Å²) in [4.78, 5) is 0. The van der Waals surface area contributed by atoms with Crippen molar-refractivity contribution in [3.8, 4) is 0 Å². The second-order valence-electron chi connectivity index (χ2n) is 7.61. The van der Waals surface area contributed by atoms with Crippen molar-refractivity contribution in [1.82, 2.24) is 0 Å². The lowest BCUT2D eigenvalue weighted by Crippen LogP contribution is -2.67. The highest BCUT2D eigenvalue weighted by atomic mass is 28.4. The van der Waals surface area contributed by atoms with E-state index in [0.29, 0.717) is 6.61 Å². The van der Waals surface area contributed by atoms with E-state index in [2.05, 4.69) is 81.4 Å². The van der Waals surface area contributed by atoms with Gasteiger partial charge >= 0.3 is 0 Å². The van der Waals surface area contributed by atoms with E-state index in [-0.39, 0.29) is 11.1 Å².